The number of nitrogens with zero attached hydrogens (tertiary/aromatic N) is 1. The number of phenolic OH excluding ortho intramolecular Hbond substituents is 1. The zero-order chi connectivity index (χ0) is 12.3. The highest BCUT2D eigenvalue weighted by Gasteiger charge is 2.14. The van der Waals surface area contributed by atoms with Gasteiger partial charge in [-0.05, 0) is 6.07 Å². The molecule has 86 valence electrons. The lowest BCUT2D eigenvalue weighted by Crippen LogP contribution is -2.15. The van der Waals surface area contributed by atoms with Gasteiger partial charge in [0.2, 0.25) is 10.0 Å². The summed E-state index contributed by atoms with van der Waals surface area (Å²) in [6.07, 6.45) is 0. The predicted octanol–water partition coefficient (Wildman–Crippen LogP) is 1.45. The number of anilines is 1. The second-order valence-corrected chi connectivity index (χ2v) is 4.93. The van der Waals surface area contributed by atoms with Crippen molar-refractivity contribution in [2.24, 2.45) is 0 Å². The zero-order valence-corrected chi connectivity index (χ0v) is 9.31. The predicted molar refractivity (Wildman–Crippen MR) is 56.1 cm³/mol. The minimum Gasteiger partial charge on any atom is -0.506 e. The number of rotatable bonds is 3. The van der Waals surface area contributed by atoms with Crippen LogP contribution in [-0.4, -0.2) is 19.3 Å². The summed E-state index contributed by atoms with van der Waals surface area (Å²) in [5, 5.41) is 17.1. The molecule has 0 aliphatic carbocycles. The Bertz CT molecular complexity index is 553. The van der Waals surface area contributed by atoms with Gasteiger partial charge in [0.05, 0.1) is 16.8 Å². The highest BCUT2D eigenvalue weighted by molar-refractivity contribution is 7.92. The van der Waals surface area contributed by atoms with Gasteiger partial charge in [-0.15, -0.1) is 0 Å². The molecule has 0 aliphatic rings. The first-order valence-electron chi connectivity index (χ1n) is 3.91. The Labute approximate surface area is 96.1 Å². The fraction of sp³-hybridized carbons (Fsp3) is 0.125. The van der Waals surface area contributed by atoms with Crippen LogP contribution in [0.15, 0.2) is 12.1 Å². The molecule has 0 radical (unpaired) electrons. The molecule has 8 heteroatoms. The van der Waals surface area contributed by atoms with Crippen molar-refractivity contribution in [1.29, 1.82) is 5.26 Å². The van der Waals surface area contributed by atoms with E-state index in [-0.39, 0.29) is 10.7 Å². The van der Waals surface area contributed by atoms with Gasteiger partial charge < -0.3 is 5.11 Å². The number of phenols is 1. The Hall–Kier alpha value is -1.52. The van der Waals surface area contributed by atoms with Crippen molar-refractivity contribution in [2.75, 3.05) is 10.5 Å². The molecule has 5 nitrogen and oxygen atoms in total. The Morgan fingerprint density at radius 3 is 2.75 bits per heavy atom. The van der Waals surface area contributed by atoms with Gasteiger partial charge in [0, 0.05) is 6.07 Å². The first-order valence-corrected chi connectivity index (χ1v) is 5.94. The molecule has 1 aromatic rings. The highest BCUT2D eigenvalue weighted by atomic mass is 35.5. The van der Waals surface area contributed by atoms with E-state index in [2.05, 4.69) is 0 Å². The lowest BCUT2D eigenvalue weighted by Gasteiger charge is -2.07. The van der Waals surface area contributed by atoms with Gasteiger partial charge in [0.25, 0.3) is 0 Å². The van der Waals surface area contributed by atoms with Gasteiger partial charge in [-0.3, -0.25) is 4.72 Å². The number of halogens is 2. The average molecular weight is 265 g/mol. The van der Waals surface area contributed by atoms with E-state index < -0.39 is 27.3 Å². The Morgan fingerprint density at radius 1 is 1.56 bits per heavy atom. The third kappa shape index (κ3) is 2.98. The molecular formula is C8H6ClFN2O3S. The molecule has 1 aromatic carbocycles. The summed E-state index contributed by atoms with van der Waals surface area (Å²) in [5.41, 5.74) is -0.276. The van der Waals surface area contributed by atoms with Crippen molar-refractivity contribution >= 4 is 27.3 Å². The Kier molecular flexibility index (Phi) is 3.57. The highest BCUT2D eigenvalue weighted by Crippen LogP contribution is 2.29. The van der Waals surface area contributed by atoms with Gasteiger partial charge in [-0.2, -0.15) is 5.26 Å². The zero-order valence-electron chi connectivity index (χ0n) is 7.74. The van der Waals surface area contributed by atoms with Crippen LogP contribution in [-0.2, 0) is 10.0 Å². The maximum Gasteiger partial charge on any atom is 0.246 e. The average Bonchev–Trinajstić information content (AvgIpc) is 2.13. The molecule has 0 aromatic heterocycles. The fourth-order valence-corrected chi connectivity index (χ4v) is 1.81. The van der Waals surface area contributed by atoms with Crippen molar-refractivity contribution in [2.45, 2.75) is 0 Å². The standard InChI is InChI=1S/C8H6ClFN2O3S/c9-5-3-7(8(13)4-6(5)10)12-16(14,15)2-1-11/h3-4,12-13H,2H2. The van der Waals surface area contributed by atoms with Gasteiger partial charge >= 0.3 is 0 Å². The second-order valence-electron chi connectivity index (χ2n) is 2.80. The number of aromatic hydroxyl groups is 1. The lowest BCUT2D eigenvalue weighted by atomic mass is 10.3. The topological polar surface area (TPSA) is 90.2 Å². The molecule has 0 saturated carbocycles. The summed E-state index contributed by atoms with van der Waals surface area (Å²) in [7, 11) is -3.89. The lowest BCUT2D eigenvalue weighted by molar-refractivity contribution is 0.471. The molecule has 0 unspecified atom stereocenters. The van der Waals surface area contributed by atoms with E-state index in [0.717, 1.165) is 6.07 Å². The van der Waals surface area contributed by atoms with Crippen LogP contribution in [0.4, 0.5) is 10.1 Å². The fourth-order valence-electron chi connectivity index (χ4n) is 0.907. The first kappa shape index (κ1) is 12.5. The van der Waals surface area contributed by atoms with Crippen molar-refractivity contribution in [1.82, 2.24) is 0 Å². The number of nitrogens with one attached hydrogen (secondary N) is 1. The summed E-state index contributed by atoms with van der Waals surface area (Å²) in [6, 6.07) is 3.03. The van der Waals surface area contributed by atoms with E-state index in [0.29, 0.717) is 6.07 Å². The summed E-state index contributed by atoms with van der Waals surface area (Å²) < 4.78 is 37.1. The van der Waals surface area contributed by atoms with Crippen molar-refractivity contribution in [3.8, 4) is 11.8 Å². The molecule has 1 rings (SSSR count). The molecule has 0 amide bonds. The Morgan fingerprint density at radius 2 is 2.19 bits per heavy atom. The summed E-state index contributed by atoms with van der Waals surface area (Å²) >= 11 is 5.41. The molecule has 0 atom stereocenters. The van der Waals surface area contributed by atoms with Crippen molar-refractivity contribution in [3.05, 3.63) is 23.0 Å². The number of hydrogen-bond acceptors (Lipinski definition) is 4. The number of hydrogen-bond donors (Lipinski definition) is 2. The third-order valence-corrected chi connectivity index (χ3v) is 2.89. The van der Waals surface area contributed by atoms with E-state index in [4.69, 9.17) is 16.9 Å². The molecular weight excluding hydrogens is 259 g/mol. The third-order valence-electron chi connectivity index (χ3n) is 1.56. The first-order chi connectivity index (χ1) is 7.35. The summed E-state index contributed by atoms with van der Waals surface area (Å²) in [6.45, 7) is 0. The van der Waals surface area contributed by atoms with E-state index in [1.807, 2.05) is 4.72 Å². The summed E-state index contributed by atoms with van der Waals surface area (Å²) in [5.74, 6) is -2.26. The van der Waals surface area contributed by atoms with Crippen LogP contribution < -0.4 is 4.72 Å². The number of benzene rings is 1. The molecule has 0 fully saturated rings. The molecule has 0 bridgehead atoms. The number of nitriles is 1. The van der Waals surface area contributed by atoms with Gasteiger partial charge in [-0.25, -0.2) is 12.8 Å². The van der Waals surface area contributed by atoms with Gasteiger partial charge in [0.1, 0.15) is 11.6 Å². The summed E-state index contributed by atoms with van der Waals surface area (Å²) in [4.78, 5) is 0. The van der Waals surface area contributed by atoms with Crippen LogP contribution in [0.1, 0.15) is 0 Å². The SMILES string of the molecule is N#CCS(=O)(=O)Nc1cc(Cl)c(F)cc1O. The Balaban J connectivity index is 3.08. The van der Waals surface area contributed by atoms with E-state index in [1.54, 1.807) is 0 Å². The van der Waals surface area contributed by atoms with Gasteiger partial charge in [0.15, 0.2) is 5.75 Å². The largest absolute Gasteiger partial charge is 0.506 e. The van der Waals surface area contributed by atoms with E-state index >= 15 is 0 Å². The number of sulfonamides is 1. The molecule has 0 spiro atoms. The van der Waals surface area contributed by atoms with Crippen molar-refractivity contribution < 1.29 is 17.9 Å². The molecule has 2 N–H and O–H groups in total. The van der Waals surface area contributed by atoms with Crippen LogP contribution >= 0.6 is 11.6 Å². The maximum absolute atomic E-state index is 12.8. The maximum atomic E-state index is 12.8. The van der Waals surface area contributed by atoms with Crippen LogP contribution in [0, 0.1) is 17.1 Å². The molecule has 16 heavy (non-hydrogen) atoms. The van der Waals surface area contributed by atoms with E-state index in [1.165, 1.54) is 6.07 Å². The molecule has 0 heterocycles. The van der Waals surface area contributed by atoms with Crippen LogP contribution in [0.25, 0.3) is 0 Å². The quantitative estimate of drug-likeness (QED) is 0.809. The monoisotopic (exact) mass is 264 g/mol. The second kappa shape index (κ2) is 4.55. The van der Waals surface area contributed by atoms with E-state index in [9.17, 15) is 17.9 Å². The molecule has 0 saturated heterocycles. The minimum absolute atomic E-state index is 0.276. The van der Waals surface area contributed by atoms with Crippen LogP contribution in [0.2, 0.25) is 5.02 Å². The van der Waals surface area contributed by atoms with Crippen molar-refractivity contribution in [3.63, 3.8) is 0 Å². The van der Waals surface area contributed by atoms with Gasteiger partial charge in [-0.1, -0.05) is 11.6 Å². The van der Waals surface area contributed by atoms with Crippen LogP contribution in [0.3, 0.4) is 0 Å². The van der Waals surface area contributed by atoms with Crippen LogP contribution in [0.5, 0.6) is 5.75 Å². The normalized spacial score (nSPS) is 10.8. The minimum atomic E-state index is -3.89. The molecule has 0 aliphatic heterocycles. The smallest absolute Gasteiger partial charge is 0.246 e.